The van der Waals surface area contributed by atoms with Crippen LogP contribution in [0, 0.1) is 5.92 Å². The van der Waals surface area contributed by atoms with Crippen molar-refractivity contribution < 1.29 is 14.1 Å². The Hall–Kier alpha value is -1.56. The van der Waals surface area contributed by atoms with Gasteiger partial charge in [-0.3, -0.25) is 0 Å². The zero-order valence-corrected chi connectivity index (χ0v) is 15.4. The van der Waals surface area contributed by atoms with Gasteiger partial charge in [-0.2, -0.15) is 0 Å². The van der Waals surface area contributed by atoms with E-state index in [9.17, 15) is 4.79 Å². The lowest BCUT2D eigenvalue weighted by Gasteiger charge is -2.23. The van der Waals surface area contributed by atoms with E-state index in [0.29, 0.717) is 23.8 Å². The Kier molecular flexibility index (Phi) is 6.22. The second kappa shape index (κ2) is 7.34. The number of carbonyl (C=O) groups is 1. The van der Waals surface area contributed by atoms with Crippen LogP contribution in [0.1, 0.15) is 72.4 Å². The maximum Gasteiger partial charge on any atom is 0.408 e. The van der Waals surface area contributed by atoms with E-state index < -0.39 is 11.7 Å². The smallest absolute Gasteiger partial charge is 0.408 e. The SMILES string of the molecule is CC(C)CC(NC(=O)OC(C)(C)C)c1cc(CC(C)(C)N)on1. The van der Waals surface area contributed by atoms with E-state index in [1.807, 2.05) is 40.7 Å². The van der Waals surface area contributed by atoms with E-state index in [0.717, 1.165) is 6.42 Å². The van der Waals surface area contributed by atoms with Crippen LogP contribution in [0.3, 0.4) is 0 Å². The second-order valence-corrected chi connectivity index (χ2v) is 8.21. The molecule has 0 saturated carbocycles. The molecule has 0 spiro atoms. The zero-order valence-electron chi connectivity index (χ0n) is 15.4. The predicted octanol–water partition coefficient (Wildman–Crippen LogP) is 3.57. The van der Waals surface area contributed by atoms with Crippen LogP contribution in [0.5, 0.6) is 0 Å². The lowest BCUT2D eigenvalue weighted by molar-refractivity contribution is 0.0496. The van der Waals surface area contributed by atoms with Gasteiger partial charge < -0.3 is 20.3 Å². The molecule has 23 heavy (non-hydrogen) atoms. The third-order valence-corrected chi connectivity index (χ3v) is 2.96. The lowest BCUT2D eigenvalue weighted by atomic mass is 9.98. The number of ether oxygens (including phenoxy) is 1. The monoisotopic (exact) mass is 325 g/mol. The average molecular weight is 325 g/mol. The van der Waals surface area contributed by atoms with Crippen LogP contribution in [-0.2, 0) is 11.2 Å². The van der Waals surface area contributed by atoms with Crippen LogP contribution in [0.4, 0.5) is 4.79 Å². The topological polar surface area (TPSA) is 90.4 Å². The average Bonchev–Trinajstić information content (AvgIpc) is 2.70. The Balaban J connectivity index is 2.84. The number of rotatable bonds is 6. The van der Waals surface area contributed by atoms with Gasteiger partial charge in [0.15, 0.2) is 0 Å². The molecule has 3 N–H and O–H groups in total. The fourth-order valence-corrected chi connectivity index (χ4v) is 2.20. The summed E-state index contributed by atoms with van der Waals surface area (Å²) in [4.78, 5) is 12.0. The Labute approximate surface area is 139 Å². The highest BCUT2D eigenvalue weighted by Gasteiger charge is 2.24. The van der Waals surface area contributed by atoms with Crippen molar-refractivity contribution in [2.45, 2.75) is 78.5 Å². The molecule has 0 aliphatic rings. The van der Waals surface area contributed by atoms with Crippen molar-refractivity contribution in [3.63, 3.8) is 0 Å². The number of nitrogens with one attached hydrogen (secondary N) is 1. The summed E-state index contributed by atoms with van der Waals surface area (Å²) in [6, 6.07) is 1.61. The first-order valence-corrected chi connectivity index (χ1v) is 8.09. The fraction of sp³-hybridized carbons (Fsp3) is 0.765. The van der Waals surface area contributed by atoms with Crippen molar-refractivity contribution in [1.29, 1.82) is 0 Å². The minimum absolute atomic E-state index is 0.247. The van der Waals surface area contributed by atoms with E-state index in [2.05, 4.69) is 24.3 Å². The molecule has 1 aromatic rings. The van der Waals surface area contributed by atoms with Crippen molar-refractivity contribution in [2.75, 3.05) is 0 Å². The largest absolute Gasteiger partial charge is 0.444 e. The van der Waals surface area contributed by atoms with Gasteiger partial charge in [0.25, 0.3) is 0 Å². The molecule has 1 heterocycles. The number of aromatic nitrogens is 1. The first kappa shape index (κ1) is 19.5. The van der Waals surface area contributed by atoms with Crippen molar-refractivity contribution in [3.05, 3.63) is 17.5 Å². The summed E-state index contributed by atoms with van der Waals surface area (Å²) < 4.78 is 10.7. The molecule has 0 aliphatic carbocycles. The van der Waals surface area contributed by atoms with Crippen molar-refractivity contribution >= 4 is 6.09 Å². The summed E-state index contributed by atoms with van der Waals surface area (Å²) >= 11 is 0. The van der Waals surface area contributed by atoms with E-state index in [-0.39, 0.29) is 11.6 Å². The number of carbonyl (C=O) groups excluding carboxylic acids is 1. The Morgan fingerprint density at radius 2 is 1.96 bits per heavy atom. The normalized spacial score (nSPS) is 14.0. The van der Waals surface area contributed by atoms with Gasteiger partial charge in [-0.15, -0.1) is 0 Å². The summed E-state index contributed by atoms with van der Waals surface area (Å²) in [5, 5.41) is 6.98. The third kappa shape index (κ3) is 8.02. The Bertz CT molecular complexity index is 510. The quantitative estimate of drug-likeness (QED) is 0.834. The standard InChI is InChI=1S/C17H31N3O3/c1-11(2)8-13(19-15(21)22-16(3,4)5)14-9-12(23-20-14)10-17(6,7)18/h9,11,13H,8,10,18H2,1-7H3,(H,19,21). The highest BCUT2D eigenvalue weighted by atomic mass is 16.6. The van der Waals surface area contributed by atoms with Gasteiger partial charge in [0.05, 0.1) is 6.04 Å². The van der Waals surface area contributed by atoms with Crippen LogP contribution in [-0.4, -0.2) is 22.4 Å². The van der Waals surface area contributed by atoms with E-state index in [4.69, 9.17) is 15.0 Å². The van der Waals surface area contributed by atoms with Crippen molar-refractivity contribution in [3.8, 4) is 0 Å². The molecule has 1 rings (SSSR count). The maximum absolute atomic E-state index is 12.0. The van der Waals surface area contributed by atoms with Crippen molar-refractivity contribution in [1.82, 2.24) is 10.5 Å². The molecule has 0 saturated heterocycles. The van der Waals surface area contributed by atoms with Gasteiger partial charge in [-0.05, 0) is 47.0 Å². The minimum Gasteiger partial charge on any atom is -0.444 e. The molecule has 0 aromatic carbocycles. The number of nitrogens with two attached hydrogens (primary N) is 1. The number of hydrogen-bond acceptors (Lipinski definition) is 5. The van der Waals surface area contributed by atoms with E-state index in [1.54, 1.807) is 0 Å². The molecule has 0 aliphatic heterocycles. The van der Waals surface area contributed by atoms with Gasteiger partial charge in [-0.1, -0.05) is 19.0 Å². The summed E-state index contributed by atoms with van der Waals surface area (Å²) in [5.41, 5.74) is 5.80. The lowest BCUT2D eigenvalue weighted by Crippen LogP contribution is -2.35. The van der Waals surface area contributed by atoms with E-state index in [1.165, 1.54) is 0 Å². The fourth-order valence-electron chi connectivity index (χ4n) is 2.20. The van der Waals surface area contributed by atoms with Gasteiger partial charge in [0.2, 0.25) is 0 Å². The predicted molar refractivity (Wildman–Crippen MR) is 90.0 cm³/mol. The first-order valence-electron chi connectivity index (χ1n) is 8.09. The van der Waals surface area contributed by atoms with Crippen LogP contribution in [0.15, 0.2) is 10.6 Å². The molecular weight excluding hydrogens is 294 g/mol. The summed E-state index contributed by atoms with van der Waals surface area (Å²) in [5.74, 6) is 1.10. The van der Waals surface area contributed by atoms with Crippen LogP contribution < -0.4 is 11.1 Å². The highest BCUT2D eigenvalue weighted by Crippen LogP contribution is 2.23. The number of nitrogens with zero attached hydrogens (tertiary/aromatic N) is 1. The number of hydrogen-bond donors (Lipinski definition) is 2. The molecule has 6 nitrogen and oxygen atoms in total. The zero-order chi connectivity index (χ0) is 17.8. The van der Waals surface area contributed by atoms with Gasteiger partial charge >= 0.3 is 6.09 Å². The molecule has 0 bridgehead atoms. The molecule has 1 amide bonds. The third-order valence-electron chi connectivity index (χ3n) is 2.96. The van der Waals surface area contributed by atoms with Gasteiger partial charge in [0.1, 0.15) is 17.1 Å². The van der Waals surface area contributed by atoms with Crippen LogP contribution in [0.2, 0.25) is 0 Å². The number of alkyl carbamates (subject to hydrolysis) is 1. The minimum atomic E-state index is -0.537. The molecule has 0 radical (unpaired) electrons. The molecular formula is C17H31N3O3. The van der Waals surface area contributed by atoms with Gasteiger partial charge in [-0.25, -0.2) is 4.79 Å². The molecule has 0 fully saturated rings. The molecule has 1 unspecified atom stereocenters. The highest BCUT2D eigenvalue weighted by molar-refractivity contribution is 5.68. The second-order valence-electron chi connectivity index (χ2n) is 8.21. The maximum atomic E-state index is 12.0. The first-order chi connectivity index (χ1) is 10.4. The molecule has 132 valence electrons. The Morgan fingerprint density at radius 1 is 1.35 bits per heavy atom. The van der Waals surface area contributed by atoms with Crippen LogP contribution in [0.25, 0.3) is 0 Å². The summed E-state index contributed by atoms with van der Waals surface area (Å²) in [6.07, 6.45) is 0.879. The van der Waals surface area contributed by atoms with Crippen molar-refractivity contribution in [2.24, 2.45) is 11.7 Å². The van der Waals surface area contributed by atoms with Crippen LogP contribution >= 0.6 is 0 Å². The van der Waals surface area contributed by atoms with Gasteiger partial charge in [0, 0.05) is 18.0 Å². The van der Waals surface area contributed by atoms with E-state index >= 15 is 0 Å². The number of amides is 1. The summed E-state index contributed by atoms with van der Waals surface area (Å²) in [6.45, 7) is 13.5. The Morgan fingerprint density at radius 3 is 2.43 bits per heavy atom. The molecule has 6 heteroatoms. The molecule has 1 atom stereocenters. The molecule has 1 aromatic heterocycles. The summed E-state index contributed by atoms with van der Waals surface area (Å²) in [7, 11) is 0.